The maximum absolute atomic E-state index is 13.5. The summed E-state index contributed by atoms with van der Waals surface area (Å²) in [5.41, 5.74) is 5.70. The first-order valence-corrected chi connectivity index (χ1v) is 11.6. The van der Waals surface area contributed by atoms with Gasteiger partial charge in [-0.3, -0.25) is 9.67 Å². The molecule has 6 heterocycles. The molecule has 9 heteroatoms. The Morgan fingerprint density at radius 2 is 2.06 bits per heavy atom. The van der Waals surface area contributed by atoms with Crippen LogP contribution in [0.2, 0.25) is 0 Å². The highest BCUT2D eigenvalue weighted by Gasteiger charge is 2.47. The molecular formula is C25H26FN7O. The number of nitrogens with zero attached hydrogens (tertiary/aromatic N) is 5. The Bertz CT molecular complexity index is 1410. The molecule has 174 valence electrons. The van der Waals surface area contributed by atoms with Crippen LogP contribution in [0.3, 0.4) is 0 Å². The van der Waals surface area contributed by atoms with Gasteiger partial charge in [-0.25, -0.2) is 14.2 Å². The lowest BCUT2D eigenvalue weighted by molar-refractivity contribution is 0.202. The SMILES string of the molecule is Cc1c[nH]c2ncc(-c3cc4n(n3)CCC43CCN(C(=O)NC(C)c4cncc(F)c4)C3)cc12. The molecule has 1 saturated heterocycles. The van der Waals surface area contributed by atoms with Gasteiger partial charge < -0.3 is 15.2 Å². The first-order chi connectivity index (χ1) is 16.4. The van der Waals surface area contributed by atoms with E-state index in [0.717, 1.165) is 53.4 Å². The van der Waals surface area contributed by atoms with Gasteiger partial charge in [0.1, 0.15) is 11.5 Å². The third-order valence-corrected chi connectivity index (χ3v) is 7.37. The molecule has 0 aromatic carbocycles. The summed E-state index contributed by atoms with van der Waals surface area (Å²) in [6.07, 6.45) is 8.44. The molecule has 6 rings (SSSR count). The molecule has 2 unspecified atom stereocenters. The molecule has 1 spiro atoms. The summed E-state index contributed by atoms with van der Waals surface area (Å²) in [6.45, 7) is 6.07. The summed E-state index contributed by atoms with van der Waals surface area (Å²) < 4.78 is 15.6. The van der Waals surface area contributed by atoms with Gasteiger partial charge in [-0.05, 0) is 56.0 Å². The number of pyridine rings is 2. The quantitative estimate of drug-likeness (QED) is 0.483. The van der Waals surface area contributed by atoms with Crippen LogP contribution in [0.4, 0.5) is 9.18 Å². The van der Waals surface area contributed by atoms with Crippen LogP contribution in [0, 0.1) is 12.7 Å². The number of aromatic nitrogens is 5. The Labute approximate surface area is 196 Å². The van der Waals surface area contributed by atoms with E-state index in [1.165, 1.54) is 11.8 Å². The van der Waals surface area contributed by atoms with Crippen LogP contribution < -0.4 is 5.32 Å². The number of aromatic amines is 1. The maximum Gasteiger partial charge on any atom is 0.317 e. The molecule has 2 aliphatic heterocycles. The van der Waals surface area contributed by atoms with E-state index >= 15 is 0 Å². The summed E-state index contributed by atoms with van der Waals surface area (Å²) in [5.74, 6) is -0.408. The first kappa shape index (κ1) is 20.8. The molecule has 0 saturated carbocycles. The molecule has 2 amide bonds. The van der Waals surface area contributed by atoms with E-state index in [1.54, 1.807) is 6.20 Å². The Morgan fingerprint density at radius 1 is 1.21 bits per heavy atom. The van der Waals surface area contributed by atoms with Crippen molar-refractivity contribution < 1.29 is 9.18 Å². The van der Waals surface area contributed by atoms with E-state index in [9.17, 15) is 9.18 Å². The highest BCUT2D eigenvalue weighted by Crippen LogP contribution is 2.44. The van der Waals surface area contributed by atoms with Gasteiger partial charge in [-0.1, -0.05) is 0 Å². The van der Waals surface area contributed by atoms with Gasteiger partial charge in [0, 0.05) is 60.3 Å². The van der Waals surface area contributed by atoms with Gasteiger partial charge in [-0.2, -0.15) is 5.10 Å². The van der Waals surface area contributed by atoms with Crippen LogP contribution in [0.15, 0.2) is 43.0 Å². The molecule has 2 aliphatic rings. The molecule has 0 radical (unpaired) electrons. The third-order valence-electron chi connectivity index (χ3n) is 7.37. The number of hydrogen-bond donors (Lipinski definition) is 2. The monoisotopic (exact) mass is 459 g/mol. The number of halogens is 1. The molecule has 2 atom stereocenters. The molecule has 8 nitrogen and oxygen atoms in total. The fraction of sp³-hybridized carbons (Fsp3) is 0.360. The van der Waals surface area contributed by atoms with E-state index in [-0.39, 0.29) is 17.5 Å². The third kappa shape index (κ3) is 3.34. The van der Waals surface area contributed by atoms with Gasteiger partial charge >= 0.3 is 6.03 Å². The van der Waals surface area contributed by atoms with Crippen LogP contribution >= 0.6 is 0 Å². The normalized spacial score (nSPS) is 20.3. The first-order valence-electron chi connectivity index (χ1n) is 11.6. The number of amides is 2. The highest BCUT2D eigenvalue weighted by atomic mass is 19.1. The molecule has 0 bridgehead atoms. The number of likely N-dealkylation sites (tertiary alicyclic amines) is 1. The van der Waals surface area contributed by atoms with E-state index < -0.39 is 5.82 Å². The minimum absolute atomic E-state index is 0.0895. The molecule has 0 aliphatic carbocycles. The second kappa shape index (κ2) is 7.65. The lowest BCUT2D eigenvalue weighted by Gasteiger charge is -2.25. The highest BCUT2D eigenvalue weighted by molar-refractivity contribution is 5.83. The predicted octanol–water partition coefficient (Wildman–Crippen LogP) is 4.09. The maximum atomic E-state index is 13.5. The zero-order chi connectivity index (χ0) is 23.4. The fourth-order valence-electron chi connectivity index (χ4n) is 5.36. The second-order valence-corrected chi connectivity index (χ2v) is 9.54. The van der Waals surface area contributed by atoms with Crippen LogP contribution in [0.5, 0.6) is 0 Å². The number of aryl methyl sites for hydroxylation is 2. The van der Waals surface area contributed by atoms with Crippen molar-refractivity contribution >= 4 is 17.1 Å². The zero-order valence-electron chi connectivity index (χ0n) is 19.2. The van der Waals surface area contributed by atoms with Crippen molar-refractivity contribution in [1.29, 1.82) is 0 Å². The van der Waals surface area contributed by atoms with Crippen LogP contribution in [0.1, 0.15) is 42.6 Å². The van der Waals surface area contributed by atoms with E-state index in [4.69, 9.17) is 5.10 Å². The minimum Gasteiger partial charge on any atom is -0.346 e. The topological polar surface area (TPSA) is 91.7 Å². The van der Waals surface area contributed by atoms with E-state index in [1.807, 2.05) is 24.2 Å². The van der Waals surface area contributed by atoms with Gasteiger partial charge in [0.25, 0.3) is 0 Å². The lowest BCUT2D eigenvalue weighted by Crippen LogP contribution is -2.41. The number of fused-ring (bicyclic) bond motifs is 3. The number of carbonyl (C=O) groups excluding carboxylic acids is 1. The number of rotatable bonds is 3. The predicted molar refractivity (Wildman–Crippen MR) is 126 cm³/mol. The minimum atomic E-state index is -0.408. The zero-order valence-corrected chi connectivity index (χ0v) is 19.2. The largest absolute Gasteiger partial charge is 0.346 e. The summed E-state index contributed by atoms with van der Waals surface area (Å²) in [4.78, 5) is 26.5. The number of hydrogen-bond acceptors (Lipinski definition) is 4. The molecule has 1 fully saturated rings. The van der Waals surface area contributed by atoms with Crippen LogP contribution in [0.25, 0.3) is 22.3 Å². The summed E-state index contributed by atoms with van der Waals surface area (Å²) in [5, 5.41) is 8.97. The van der Waals surface area contributed by atoms with Crippen molar-refractivity contribution in [3.05, 3.63) is 65.6 Å². The van der Waals surface area contributed by atoms with Crippen molar-refractivity contribution in [3.63, 3.8) is 0 Å². The van der Waals surface area contributed by atoms with Crippen molar-refractivity contribution in [2.24, 2.45) is 0 Å². The number of carbonyl (C=O) groups is 1. The van der Waals surface area contributed by atoms with Gasteiger partial charge in [0.05, 0.1) is 17.9 Å². The van der Waals surface area contributed by atoms with E-state index in [2.05, 4.69) is 44.0 Å². The molecule has 4 aromatic rings. The molecular weight excluding hydrogens is 433 g/mol. The van der Waals surface area contributed by atoms with Gasteiger partial charge in [0.2, 0.25) is 0 Å². The van der Waals surface area contributed by atoms with Crippen molar-refractivity contribution in [3.8, 4) is 11.3 Å². The summed E-state index contributed by atoms with van der Waals surface area (Å²) in [6, 6.07) is 5.24. The lowest BCUT2D eigenvalue weighted by atomic mass is 9.82. The fourth-order valence-corrected chi connectivity index (χ4v) is 5.36. The smallest absolute Gasteiger partial charge is 0.317 e. The molecule has 4 aromatic heterocycles. The average molecular weight is 460 g/mol. The number of urea groups is 1. The summed E-state index contributed by atoms with van der Waals surface area (Å²) in [7, 11) is 0. The Kier molecular flexibility index (Phi) is 4.68. The van der Waals surface area contributed by atoms with Crippen molar-refractivity contribution in [1.82, 2.24) is 34.9 Å². The van der Waals surface area contributed by atoms with Gasteiger partial charge in [-0.15, -0.1) is 0 Å². The molecule has 34 heavy (non-hydrogen) atoms. The number of H-pyrrole nitrogens is 1. The van der Waals surface area contributed by atoms with E-state index in [0.29, 0.717) is 18.7 Å². The Hall–Kier alpha value is -3.75. The summed E-state index contributed by atoms with van der Waals surface area (Å²) >= 11 is 0. The van der Waals surface area contributed by atoms with Crippen LogP contribution in [-0.4, -0.2) is 48.8 Å². The van der Waals surface area contributed by atoms with Crippen molar-refractivity contribution in [2.75, 3.05) is 13.1 Å². The van der Waals surface area contributed by atoms with Crippen molar-refractivity contribution in [2.45, 2.75) is 44.7 Å². The second-order valence-electron chi connectivity index (χ2n) is 9.54. The number of nitrogens with one attached hydrogen (secondary N) is 2. The molecule has 2 N–H and O–H groups in total. The van der Waals surface area contributed by atoms with Gasteiger partial charge in [0.15, 0.2) is 0 Å². The van der Waals surface area contributed by atoms with Crippen LogP contribution in [-0.2, 0) is 12.0 Å². The Morgan fingerprint density at radius 3 is 2.91 bits per heavy atom. The average Bonchev–Trinajstić information content (AvgIpc) is 3.60. The standard InChI is InChI=1S/C25H26FN7O/c1-15-10-28-23-20(15)8-18(12-29-23)21-9-22-25(4-6-33(22)31-21)3-5-32(14-25)24(34)30-16(2)17-7-19(26)13-27-11-17/h7-13,16H,3-6,14H2,1-2H3,(H,28,29)(H,30,34). The Balaban J connectivity index is 1.20.